The highest BCUT2D eigenvalue weighted by Crippen LogP contribution is 1.94. The highest BCUT2D eigenvalue weighted by atomic mass is 19.3. The molecule has 2 nitrogen and oxygen atoms in total. The summed E-state index contributed by atoms with van der Waals surface area (Å²) in [6, 6.07) is 0. The average molecular weight is 163 g/mol. The number of carbonyl (C=O) groups excluding carboxylic acids is 1. The van der Waals surface area contributed by atoms with Gasteiger partial charge in [0.15, 0.2) is 0 Å². The zero-order valence-corrected chi connectivity index (χ0v) is 6.36. The van der Waals surface area contributed by atoms with Crippen molar-refractivity contribution < 1.29 is 13.6 Å². The van der Waals surface area contributed by atoms with E-state index in [1.807, 2.05) is 0 Å². The maximum atomic E-state index is 11.5. The molecule has 4 heteroatoms. The molecule has 1 N–H and O–H groups in total. The molecule has 0 radical (unpaired) electrons. The highest BCUT2D eigenvalue weighted by Gasteiger charge is 2.13. The zero-order chi connectivity index (χ0) is 8.85. The molecular weight excluding hydrogens is 152 g/mol. The van der Waals surface area contributed by atoms with Gasteiger partial charge >= 0.3 is 6.43 Å². The fourth-order valence-corrected chi connectivity index (χ4v) is 0.476. The molecule has 0 aliphatic rings. The van der Waals surface area contributed by atoms with Crippen molar-refractivity contribution in [1.29, 1.82) is 0 Å². The van der Waals surface area contributed by atoms with Gasteiger partial charge in [-0.3, -0.25) is 4.79 Å². The molecule has 0 aromatic carbocycles. The molecule has 0 aromatic rings. The van der Waals surface area contributed by atoms with Crippen LogP contribution in [0.3, 0.4) is 0 Å². The third-order valence-electron chi connectivity index (χ3n) is 1.05. The lowest BCUT2D eigenvalue weighted by molar-refractivity contribution is -0.131. The van der Waals surface area contributed by atoms with Crippen LogP contribution in [0.5, 0.6) is 0 Å². The fraction of sp³-hybridized carbons (Fsp3) is 0.571. The second-order valence-corrected chi connectivity index (χ2v) is 2.30. The van der Waals surface area contributed by atoms with Crippen molar-refractivity contribution in [3.63, 3.8) is 0 Å². The minimum Gasteiger partial charge on any atom is -0.351 e. The number of rotatable bonds is 4. The van der Waals surface area contributed by atoms with Crippen molar-refractivity contribution in [2.75, 3.05) is 6.54 Å². The Morgan fingerprint density at radius 2 is 2.18 bits per heavy atom. The molecule has 0 rings (SSSR count). The predicted molar refractivity (Wildman–Crippen MR) is 38.4 cm³/mol. The van der Waals surface area contributed by atoms with E-state index in [1.54, 1.807) is 6.92 Å². The molecule has 0 aromatic heterocycles. The van der Waals surface area contributed by atoms with E-state index < -0.39 is 12.3 Å². The number of hydrogen-bond acceptors (Lipinski definition) is 1. The van der Waals surface area contributed by atoms with Crippen LogP contribution in [0.4, 0.5) is 8.78 Å². The fourth-order valence-electron chi connectivity index (χ4n) is 0.476. The molecule has 11 heavy (non-hydrogen) atoms. The van der Waals surface area contributed by atoms with Gasteiger partial charge in [0.1, 0.15) is 0 Å². The van der Waals surface area contributed by atoms with Crippen LogP contribution in [-0.4, -0.2) is 18.9 Å². The SMILES string of the molecule is C=C(C)CCNC(=O)C(F)F. The Bertz CT molecular complexity index is 157. The molecule has 0 heterocycles. The Hall–Kier alpha value is -0.930. The van der Waals surface area contributed by atoms with Crippen LogP contribution in [-0.2, 0) is 4.79 Å². The van der Waals surface area contributed by atoms with Gasteiger partial charge in [-0.2, -0.15) is 8.78 Å². The van der Waals surface area contributed by atoms with Gasteiger partial charge in [0, 0.05) is 6.54 Å². The number of nitrogens with one attached hydrogen (secondary N) is 1. The number of amides is 1. The lowest BCUT2D eigenvalue weighted by Gasteiger charge is -2.02. The van der Waals surface area contributed by atoms with E-state index in [1.165, 1.54) is 0 Å². The van der Waals surface area contributed by atoms with Gasteiger partial charge in [-0.25, -0.2) is 0 Å². The van der Waals surface area contributed by atoms with Gasteiger partial charge < -0.3 is 5.32 Å². The Balaban J connectivity index is 3.39. The molecule has 0 saturated carbocycles. The van der Waals surface area contributed by atoms with Crippen LogP contribution >= 0.6 is 0 Å². The quantitative estimate of drug-likeness (QED) is 0.622. The third-order valence-corrected chi connectivity index (χ3v) is 1.05. The normalized spacial score (nSPS) is 9.82. The maximum Gasteiger partial charge on any atom is 0.315 e. The molecule has 0 aliphatic carbocycles. The van der Waals surface area contributed by atoms with Crippen LogP contribution in [0.1, 0.15) is 13.3 Å². The van der Waals surface area contributed by atoms with Gasteiger partial charge in [0.05, 0.1) is 0 Å². The Kier molecular flexibility index (Phi) is 4.41. The minimum absolute atomic E-state index is 0.235. The number of alkyl halides is 2. The van der Waals surface area contributed by atoms with E-state index in [4.69, 9.17) is 0 Å². The molecule has 0 fully saturated rings. The second-order valence-electron chi connectivity index (χ2n) is 2.30. The van der Waals surface area contributed by atoms with Gasteiger partial charge in [-0.1, -0.05) is 5.57 Å². The van der Waals surface area contributed by atoms with Crippen LogP contribution in [0.15, 0.2) is 12.2 Å². The van der Waals surface area contributed by atoms with Gasteiger partial charge in [-0.05, 0) is 13.3 Å². The predicted octanol–water partition coefficient (Wildman–Crippen LogP) is 1.33. The van der Waals surface area contributed by atoms with Crippen LogP contribution in [0.25, 0.3) is 0 Å². The number of halogens is 2. The smallest absolute Gasteiger partial charge is 0.315 e. The van der Waals surface area contributed by atoms with E-state index in [0.717, 1.165) is 5.57 Å². The van der Waals surface area contributed by atoms with Gasteiger partial charge in [-0.15, -0.1) is 6.58 Å². The molecule has 64 valence electrons. The first-order chi connectivity index (χ1) is 5.04. The standard InChI is InChI=1S/C7H11F2NO/c1-5(2)3-4-10-7(11)6(8)9/h6H,1,3-4H2,2H3,(H,10,11). The summed E-state index contributed by atoms with van der Waals surface area (Å²) in [6.07, 6.45) is -2.38. The molecular formula is C7H11F2NO. The van der Waals surface area contributed by atoms with Crippen LogP contribution < -0.4 is 5.32 Å². The van der Waals surface area contributed by atoms with Crippen molar-refractivity contribution in [1.82, 2.24) is 5.32 Å². The molecule has 0 bridgehead atoms. The molecule has 0 unspecified atom stereocenters. The maximum absolute atomic E-state index is 11.5. The van der Waals surface area contributed by atoms with E-state index in [0.29, 0.717) is 6.42 Å². The van der Waals surface area contributed by atoms with E-state index in [2.05, 4.69) is 11.9 Å². The summed E-state index contributed by atoms with van der Waals surface area (Å²) >= 11 is 0. The monoisotopic (exact) mass is 163 g/mol. The first kappa shape index (κ1) is 10.1. The molecule has 0 atom stereocenters. The third kappa shape index (κ3) is 5.51. The van der Waals surface area contributed by atoms with E-state index >= 15 is 0 Å². The lowest BCUT2D eigenvalue weighted by atomic mass is 10.2. The lowest BCUT2D eigenvalue weighted by Crippen LogP contribution is -2.30. The highest BCUT2D eigenvalue weighted by molar-refractivity contribution is 5.78. The number of carbonyl (C=O) groups is 1. The van der Waals surface area contributed by atoms with Crippen molar-refractivity contribution in [2.45, 2.75) is 19.8 Å². The van der Waals surface area contributed by atoms with Crippen LogP contribution in [0.2, 0.25) is 0 Å². The van der Waals surface area contributed by atoms with Gasteiger partial charge in [0.25, 0.3) is 5.91 Å². The van der Waals surface area contributed by atoms with Crippen molar-refractivity contribution in [2.24, 2.45) is 0 Å². The molecule has 0 spiro atoms. The average Bonchev–Trinajstić information content (AvgIpc) is 1.86. The summed E-state index contributed by atoms with van der Waals surface area (Å²) in [5.41, 5.74) is 0.861. The van der Waals surface area contributed by atoms with Crippen molar-refractivity contribution in [3.8, 4) is 0 Å². The summed E-state index contributed by atoms with van der Waals surface area (Å²) in [5, 5.41) is 2.06. The Morgan fingerprint density at radius 3 is 2.55 bits per heavy atom. The summed E-state index contributed by atoms with van der Waals surface area (Å²) in [4.78, 5) is 10.2. The minimum atomic E-state index is -2.92. The summed E-state index contributed by atoms with van der Waals surface area (Å²) in [7, 11) is 0. The molecule has 1 amide bonds. The van der Waals surface area contributed by atoms with Crippen molar-refractivity contribution in [3.05, 3.63) is 12.2 Å². The first-order valence-corrected chi connectivity index (χ1v) is 3.24. The van der Waals surface area contributed by atoms with E-state index in [9.17, 15) is 13.6 Å². The zero-order valence-electron chi connectivity index (χ0n) is 6.36. The number of hydrogen-bond donors (Lipinski definition) is 1. The largest absolute Gasteiger partial charge is 0.351 e. The molecule has 0 aliphatic heterocycles. The summed E-state index contributed by atoms with van der Waals surface area (Å²) in [5.74, 6) is -1.22. The molecule has 0 saturated heterocycles. The first-order valence-electron chi connectivity index (χ1n) is 3.24. The van der Waals surface area contributed by atoms with E-state index in [-0.39, 0.29) is 6.54 Å². The van der Waals surface area contributed by atoms with Crippen molar-refractivity contribution >= 4 is 5.91 Å². The summed E-state index contributed by atoms with van der Waals surface area (Å²) < 4.78 is 23.0. The Morgan fingerprint density at radius 1 is 1.64 bits per heavy atom. The second kappa shape index (κ2) is 4.82. The van der Waals surface area contributed by atoms with Crippen LogP contribution in [0, 0.1) is 0 Å². The topological polar surface area (TPSA) is 29.1 Å². The Labute approximate surface area is 64.3 Å². The summed E-state index contributed by atoms with van der Waals surface area (Å²) in [6.45, 7) is 5.57. The van der Waals surface area contributed by atoms with Gasteiger partial charge in [0.2, 0.25) is 0 Å².